The smallest absolute Gasteiger partial charge is 0.246 e. The van der Waals surface area contributed by atoms with Gasteiger partial charge < -0.3 is 14.1 Å². The SMILES string of the molecule is COCc1nc2c(o1)CCN(C(=O)/C=C/c1ccccc1)C2. The van der Waals surface area contributed by atoms with Crippen molar-refractivity contribution in [3.05, 3.63) is 59.3 Å². The molecule has 1 aromatic carbocycles. The van der Waals surface area contributed by atoms with Crippen molar-refractivity contribution >= 4 is 12.0 Å². The monoisotopic (exact) mass is 298 g/mol. The second-order valence-corrected chi connectivity index (χ2v) is 5.16. The number of benzene rings is 1. The lowest BCUT2D eigenvalue weighted by atomic mass is 10.1. The van der Waals surface area contributed by atoms with Gasteiger partial charge in [-0.05, 0) is 11.6 Å². The van der Waals surface area contributed by atoms with Crippen LogP contribution in [0.2, 0.25) is 0 Å². The van der Waals surface area contributed by atoms with E-state index in [1.54, 1.807) is 18.1 Å². The van der Waals surface area contributed by atoms with Crippen LogP contribution in [-0.4, -0.2) is 29.4 Å². The van der Waals surface area contributed by atoms with Crippen LogP contribution in [-0.2, 0) is 29.1 Å². The molecule has 1 aliphatic heterocycles. The van der Waals surface area contributed by atoms with Crippen LogP contribution in [0.25, 0.3) is 6.08 Å². The molecule has 0 atom stereocenters. The summed E-state index contributed by atoms with van der Waals surface area (Å²) in [5.41, 5.74) is 1.84. The number of hydrogen-bond acceptors (Lipinski definition) is 4. The summed E-state index contributed by atoms with van der Waals surface area (Å²) in [7, 11) is 1.60. The summed E-state index contributed by atoms with van der Waals surface area (Å²) in [6.45, 7) is 1.49. The number of amides is 1. The largest absolute Gasteiger partial charge is 0.443 e. The molecule has 1 amide bonds. The van der Waals surface area contributed by atoms with Gasteiger partial charge in [-0.3, -0.25) is 4.79 Å². The first kappa shape index (κ1) is 14.5. The van der Waals surface area contributed by atoms with Crippen LogP contribution in [0.4, 0.5) is 0 Å². The molecular formula is C17H18N2O3. The zero-order chi connectivity index (χ0) is 15.4. The molecule has 3 rings (SSSR count). The van der Waals surface area contributed by atoms with E-state index in [2.05, 4.69) is 4.98 Å². The number of fused-ring (bicyclic) bond motifs is 1. The van der Waals surface area contributed by atoms with E-state index in [0.29, 0.717) is 32.0 Å². The standard InChI is InChI=1S/C17H18N2O3/c1-21-12-16-18-14-11-19(10-9-15(14)22-16)17(20)8-7-13-5-3-2-4-6-13/h2-8H,9-12H2,1H3/b8-7+. The Morgan fingerprint density at radius 1 is 1.41 bits per heavy atom. The van der Waals surface area contributed by atoms with E-state index >= 15 is 0 Å². The fraction of sp³-hybridized carbons (Fsp3) is 0.294. The minimum atomic E-state index is -0.00852. The van der Waals surface area contributed by atoms with Crippen molar-refractivity contribution in [1.82, 2.24) is 9.88 Å². The molecule has 0 spiro atoms. The lowest BCUT2D eigenvalue weighted by Gasteiger charge is -2.24. The van der Waals surface area contributed by atoms with Crippen LogP contribution in [0.3, 0.4) is 0 Å². The normalized spacial score (nSPS) is 14.3. The Kier molecular flexibility index (Phi) is 4.34. The summed E-state index contributed by atoms with van der Waals surface area (Å²) in [4.78, 5) is 18.4. The third-order valence-corrected chi connectivity index (χ3v) is 3.57. The number of carbonyl (C=O) groups is 1. The molecule has 2 aromatic rings. The van der Waals surface area contributed by atoms with E-state index in [-0.39, 0.29) is 5.91 Å². The lowest BCUT2D eigenvalue weighted by Crippen LogP contribution is -2.34. The highest BCUT2D eigenvalue weighted by atomic mass is 16.5. The van der Waals surface area contributed by atoms with E-state index in [1.807, 2.05) is 36.4 Å². The highest BCUT2D eigenvalue weighted by Crippen LogP contribution is 2.20. The molecule has 0 saturated carbocycles. The number of aromatic nitrogens is 1. The van der Waals surface area contributed by atoms with Crippen LogP contribution in [0, 0.1) is 0 Å². The fourth-order valence-corrected chi connectivity index (χ4v) is 2.46. The molecule has 0 bridgehead atoms. The Labute approximate surface area is 129 Å². The average Bonchev–Trinajstić information content (AvgIpc) is 2.95. The van der Waals surface area contributed by atoms with Crippen molar-refractivity contribution in [1.29, 1.82) is 0 Å². The second-order valence-electron chi connectivity index (χ2n) is 5.16. The summed E-state index contributed by atoms with van der Waals surface area (Å²) >= 11 is 0. The molecule has 22 heavy (non-hydrogen) atoms. The lowest BCUT2D eigenvalue weighted by molar-refractivity contribution is -0.126. The van der Waals surface area contributed by atoms with E-state index < -0.39 is 0 Å². The van der Waals surface area contributed by atoms with Crippen molar-refractivity contribution < 1.29 is 13.9 Å². The second kappa shape index (κ2) is 6.58. The number of rotatable bonds is 4. The first-order valence-electron chi connectivity index (χ1n) is 7.24. The topological polar surface area (TPSA) is 55.6 Å². The average molecular weight is 298 g/mol. The Morgan fingerprint density at radius 2 is 2.23 bits per heavy atom. The van der Waals surface area contributed by atoms with Crippen molar-refractivity contribution in [3.63, 3.8) is 0 Å². The van der Waals surface area contributed by atoms with Gasteiger partial charge >= 0.3 is 0 Å². The number of nitrogens with zero attached hydrogens (tertiary/aromatic N) is 2. The summed E-state index contributed by atoms with van der Waals surface area (Å²) in [5, 5.41) is 0. The van der Waals surface area contributed by atoms with E-state index in [9.17, 15) is 4.79 Å². The van der Waals surface area contributed by atoms with Crippen LogP contribution >= 0.6 is 0 Å². The minimum Gasteiger partial charge on any atom is -0.443 e. The summed E-state index contributed by atoms with van der Waals surface area (Å²) in [5.74, 6) is 1.43. The Hall–Kier alpha value is -2.40. The van der Waals surface area contributed by atoms with E-state index in [0.717, 1.165) is 17.0 Å². The minimum absolute atomic E-state index is 0.00852. The summed E-state index contributed by atoms with van der Waals surface area (Å²) < 4.78 is 10.6. The Balaban J connectivity index is 1.66. The van der Waals surface area contributed by atoms with Gasteiger partial charge in [0.2, 0.25) is 11.8 Å². The first-order chi connectivity index (χ1) is 10.8. The molecule has 0 radical (unpaired) electrons. The first-order valence-corrected chi connectivity index (χ1v) is 7.24. The molecular weight excluding hydrogens is 280 g/mol. The predicted molar refractivity (Wildman–Crippen MR) is 81.8 cm³/mol. The molecule has 5 nitrogen and oxygen atoms in total. The summed E-state index contributed by atoms with van der Waals surface area (Å²) in [6.07, 6.45) is 4.13. The van der Waals surface area contributed by atoms with Gasteiger partial charge in [0.05, 0.1) is 6.54 Å². The predicted octanol–water partition coefficient (Wildman–Crippen LogP) is 2.42. The quantitative estimate of drug-likeness (QED) is 0.813. The van der Waals surface area contributed by atoms with Crippen molar-refractivity contribution in [2.75, 3.05) is 13.7 Å². The van der Waals surface area contributed by atoms with Crippen molar-refractivity contribution in [2.45, 2.75) is 19.6 Å². The molecule has 1 aliphatic rings. The Bertz CT molecular complexity index is 676. The van der Waals surface area contributed by atoms with Crippen LogP contribution < -0.4 is 0 Å². The third-order valence-electron chi connectivity index (χ3n) is 3.57. The van der Waals surface area contributed by atoms with Gasteiger partial charge in [0.1, 0.15) is 18.1 Å². The maximum absolute atomic E-state index is 12.3. The zero-order valence-corrected chi connectivity index (χ0v) is 12.5. The maximum atomic E-state index is 12.3. The third kappa shape index (κ3) is 3.26. The Morgan fingerprint density at radius 3 is 3.00 bits per heavy atom. The van der Waals surface area contributed by atoms with Crippen molar-refractivity contribution in [2.24, 2.45) is 0 Å². The number of oxazole rings is 1. The van der Waals surface area contributed by atoms with E-state index in [1.165, 1.54) is 0 Å². The highest BCUT2D eigenvalue weighted by molar-refractivity contribution is 5.91. The number of carbonyl (C=O) groups excluding carboxylic acids is 1. The molecule has 0 N–H and O–H groups in total. The highest BCUT2D eigenvalue weighted by Gasteiger charge is 2.24. The van der Waals surface area contributed by atoms with Gasteiger partial charge in [-0.1, -0.05) is 30.3 Å². The van der Waals surface area contributed by atoms with E-state index in [4.69, 9.17) is 9.15 Å². The summed E-state index contributed by atoms with van der Waals surface area (Å²) in [6, 6.07) is 9.78. The molecule has 2 heterocycles. The van der Waals surface area contributed by atoms with Crippen molar-refractivity contribution in [3.8, 4) is 0 Å². The molecule has 114 valence electrons. The van der Waals surface area contributed by atoms with Gasteiger partial charge in [-0.25, -0.2) is 4.98 Å². The van der Waals surface area contributed by atoms with Gasteiger partial charge in [0, 0.05) is 26.2 Å². The van der Waals surface area contributed by atoms with Gasteiger partial charge in [0.25, 0.3) is 0 Å². The molecule has 5 heteroatoms. The van der Waals surface area contributed by atoms with Gasteiger partial charge in [0.15, 0.2) is 0 Å². The molecule has 1 aromatic heterocycles. The number of methoxy groups -OCH3 is 1. The maximum Gasteiger partial charge on any atom is 0.246 e. The fourth-order valence-electron chi connectivity index (χ4n) is 2.46. The zero-order valence-electron chi connectivity index (χ0n) is 12.5. The molecule has 0 saturated heterocycles. The van der Waals surface area contributed by atoms with Gasteiger partial charge in [-0.2, -0.15) is 0 Å². The van der Waals surface area contributed by atoms with Crippen LogP contribution in [0.1, 0.15) is 22.9 Å². The van der Waals surface area contributed by atoms with Crippen LogP contribution in [0.5, 0.6) is 0 Å². The number of hydrogen-bond donors (Lipinski definition) is 0. The molecule has 0 unspecified atom stereocenters. The molecule has 0 fully saturated rings. The number of ether oxygens (including phenoxy) is 1. The molecule has 0 aliphatic carbocycles. The van der Waals surface area contributed by atoms with Crippen LogP contribution in [0.15, 0.2) is 40.8 Å². The van der Waals surface area contributed by atoms with Gasteiger partial charge in [-0.15, -0.1) is 0 Å².